The Labute approximate surface area is 136 Å². The van der Waals surface area contributed by atoms with Gasteiger partial charge in [-0.25, -0.2) is 0 Å². The van der Waals surface area contributed by atoms with Gasteiger partial charge in [0.25, 0.3) is 0 Å². The highest BCUT2D eigenvalue weighted by molar-refractivity contribution is 7.10. The molecular formula is C17H26N2O2S. The van der Waals surface area contributed by atoms with Crippen LogP contribution < -0.4 is 0 Å². The molecule has 2 saturated heterocycles. The second kappa shape index (κ2) is 7.11. The molecule has 122 valence electrons. The van der Waals surface area contributed by atoms with Crippen molar-refractivity contribution < 1.29 is 9.90 Å². The first-order valence-corrected chi connectivity index (χ1v) is 9.26. The predicted octanol–water partition coefficient (Wildman–Crippen LogP) is 2.50. The molecule has 2 atom stereocenters. The van der Waals surface area contributed by atoms with Crippen molar-refractivity contribution in [2.75, 3.05) is 26.2 Å². The van der Waals surface area contributed by atoms with Gasteiger partial charge >= 0.3 is 0 Å². The van der Waals surface area contributed by atoms with E-state index in [-0.39, 0.29) is 12.0 Å². The molecule has 1 amide bonds. The molecule has 0 bridgehead atoms. The van der Waals surface area contributed by atoms with Gasteiger partial charge in [0.15, 0.2) is 0 Å². The van der Waals surface area contributed by atoms with Gasteiger partial charge in [-0.2, -0.15) is 0 Å². The molecule has 2 unspecified atom stereocenters. The van der Waals surface area contributed by atoms with Gasteiger partial charge in [-0.05, 0) is 63.1 Å². The molecule has 1 N–H and O–H groups in total. The summed E-state index contributed by atoms with van der Waals surface area (Å²) in [6.45, 7) is 5.17. The van der Waals surface area contributed by atoms with Crippen LogP contribution in [0.15, 0.2) is 17.5 Å². The molecule has 2 fully saturated rings. The summed E-state index contributed by atoms with van der Waals surface area (Å²) >= 11 is 1.76. The summed E-state index contributed by atoms with van der Waals surface area (Å²) in [5.41, 5.74) is 0. The molecule has 0 radical (unpaired) electrons. The quantitative estimate of drug-likeness (QED) is 0.926. The summed E-state index contributed by atoms with van der Waals surface area (Å²) in [5, 5.41) is 11.8. The van der Waals surface area contributed by atoms with E-state index in [0.29, 0.717) is 18.5 Å². The molecule has 4 nitrogen and oxygen atoms in total. The minimum atomic E-state index is -0.223. The molecule has 1 aromatic heterocycles. The van der Waals surface area contributed by atoms with Gasteiger partial charge < -0.3 is 10.0 Å². The van der Waals surface area contributed by atoms with Crippen LogP contribution in [-0.4, -0.2) is 53.1 Å². The van der Waals surface area contributed by atoms with E-state index in [2.05, 4.69) is 27.3 Å². The number of carbonyl (C=O) groups is 1. The van der Waals surface area contributed by atoms with Crippen molar-refractivity contribution in [1.82, 2.24) is 9.80 Å². The van der Waals surface area contributed by atoms with Crippen molar-refractivity contribution in [3.05, 3.63) is 22.4 Å². The monoisotopic (exact) mass is 322 g/mol. The number of piperidine rings is 1. The first-order valence-electron chi connectivity index (χ1n) is 8.38. The van der Waals surface area contributed by atoms with Crippen LogP contribution in [0.3, 0.4) is 0 Å². The highest BCUT2D eigenvalue weighted by Gasteiger charge is 2.32. The van der Waals surface area contributed by atoms with Crippen molar-refractivity contribution in [2.24, 2.45) is 5.92 Å². The Balaban J connectivity index is 1.54. The van der Waals surface area contributed by atoms with Crippen LogP contribution in [0.2, 0.25) is 0 Å². The van der Waals surface area contributed by atoms with Gasteiger partial charge in [-0.15, -0.1) is 11.3 Å². The van der Waals surface area contributed by atoms with Crippen LogP contribution in [0, 0.1) is 5.92 Å². The Hall–Kier alpha value is -0.910. The van der Waals surface area contributed by atoms with Crippen LogP contribution in [0.4, 0.5) is 0 Å². The first kappa shape index (κ1) is 16.0. The molecule has 0 spiro atoms. The van der Waals surface area contributed by atoms with Crippen molar-refractivity contribution in [2.45, 2.75) is 44.8 Å². The number of carbonyl (C=O) groups excluding carboxylic acids is 1. The maximum Gasteiger partial charge on any atom is 0.237 e. The summed E-state index contributed by atoms with van der Waals surface area (Å²) in [4.78, 5) is 18.3. The number of likely N-dealkylation sites (tertiary alicyclic amines) is 2. The molecule has 0 aromatic carbocycles. The SMILES string of the molecule is CC(O)C1CCN(CC(=O)N2CCCC2c2cccs2)CC1. The average molecular weight is 322 g/mol. The van der Waals surface area contributed by atoms with E-state index in [1.54, 1.807) is 11.3 Å². The number of rotatable bonds is 4. The zero-order valence-corrected chi connectivity index (χ0v) is 14.1. The molecule has 5 heteroatoms. The van der Waals surface area contributed by atoms with Gasteiger partial charge in [-0.1, -0.05) is 6.07 Å². The second-order valence-corrected chi connectivity index (χ2v) is 7.59. The summed E-state index contributed by atoms with van der Waals surface area (Å²) in [6.07, 6.45) is 3.98. The Morgan fingerprint density at radius 3 is 2.77 bits per heavy atom. The summed E-state index contributed by atoms with van der Waals surface area (Å²) in [5.74, 6) is 0.670. The molecule has 0 saturated carbocycles. The van der Waals surface area contributed by atoms with Gasteiger partial charge in [0.2, 0.25) is 5.91 Å². The first-order chi connectivity index (χ1) is 10.6. The van der Waals surface area contributed by atoms with Crippen LogP contribution in [0.25, 0.3) is 0 Å². The van der Waals surface area contributed by atoms with Gasteiger partial charge in [0, 0.05) is 11.4 Å². The highest BCUT2D eigenvalue weighted by Crippen LogP contribution is 2.34. The van der Waals surface area contributed by atoms with Crippen LogP contribution in [-0.2, 0) is 4.79 Å². The molecule has 1 aromatic rings. The number of aliphatic hydroxyl groups is 1. The third-order valence-electron chi connectivity index (χ3n) is 5.12. The molecule has 0 aliphatic carbocycles. The third-order valence-corrected chi connectivity index (χ3v) is 6.09. The van der Waals surface area contributed by atoms with Crippen molar-refractivity contribution in [1.29, 1.82) is 0 Å². The smallest absolute Gasteiger partial charge is 0.237 e. The highest BCUT2D eigenvalue weighted by atomic mass is 32.1. The minimum Gasteiger partial charge on any atom is -0.393 e. The lowest BCUT2D eigenvalue weighted by molar-refractivity contribution is -0.133. The Kier molecular flexibility index (Phi) is 5.16. The zero-order chi connectivity index (χ0) is 15.5. The minimum absolute atomic E-state index is 0.223. The average Bonchev–Trinajstić information content (AvgIpc) is 3.18. The second-order valence-electron chi connectivity index (χ2n) is 6.61. The van der Waals surface area contributed by atoms with Crippen molar-refractivity contribution in [3.63, 3.8) is 0 Å². The van der Waals surface area contributed by atoms with E-state index in [1.165, 1.54) is 4.88 Å². The topological polar surface area (TPSA) is 43.8 Å². The number of amides is 1. The van der Waals surface area contributed by atoms with Crippen LogP contribution in [0.5, 0.6) is 0 Å². The van der Waals surface area contributed by atoms with E-state index >= 15 is 0 Å². The number of thiophene rings is 1. The Bertz CT molecular complexity index is 481. The Morgan fingerprint density at radius 1 is 1.36 bits per heavy atom. The fraction of sp³-hybridized carbons (Fsp3) is 0.706. The fourth-order valence-corrected chi connectivity index (χ4v) is 4.59. The summed E-state index contributed by atoms with van der Waals surface area (Å²) in [7, 11) is 0. The molecule has 2 aliphatic heterocycles. The van der Waals surface area contributed by atoms with E-state index in [4.69, 9.17) is 0 Å². The van der Waals surface area contributed by atoms with E-state index in [0.717, 1.165) is 45.3 Å². The van der Waals surface area contributed by atoms with Gasteiger partial charge in [0.05, 0.1) is 18.7 Å². The standard InChI is InChI=1S/C17H26N2O2S/c1-13(20)14-6-9-18(10-7-14)12-17(21)19-8-2-4-15(19)16-5-3-11-22-16/h3,5,11,13-15,20H,2,4,6-10,12H2,1H3. The molecular weight excluding hydrogens is 296 g/mol. The summed E-state index contributed by atoms with van der Waals surface area (Å²) in [6, 6.07) is 4.51. The lowest BCUT2D eigenvalue weighted by atomic mass is 9.92. The van der Waals surface area contributed by atoms with E-state index in [9.17, 15) is 9.90 Å². The zero-order valence-electron chi connectivity index (χ0n) is 13.3. The van der Waals surface area contributed by atoms with Gasteiger partial charge in [-0.3, -0.25) is 9.69 Å². The summed E-state index contributed by atoms with van der Waals surface area (Å²) < 4.78 is 0. The molecule has 22 heavy (non-hydrogen) atoms. The van der Waals surface area contributed by atoms with Crippen LogP contribution in [0.1, 0.15) is 43.5 Å². The molecule has 3 heterocycles. The number of nitrogens with zero attached hydrogens (tertiary/aromatic N) is 2. The van der Waals surface area contributed by atoms with E-state index < -0.39 is 0 Å². The van der Waals surface area contributed by atoms with E-state index in [1.807, 2.05) is 6.92 Å². The maximum atomic E-state index is 12.7. The predicted molar refractivity (Wildman–Crippen MR) is 88.9 cm³/mol. The van der Waals surface area contributed by atoms with Crippen molar-refractivity contribution >= 4 is 17.2 Å². The largest absolute Gasteiger partial charge is 0.393 e. The lowest BCUT2D eigenvalue weighted by Crippen LogP contribution is -2.44. The molecule has 3 rings (SSSR count). The fourth-order valence-electron chi connectivity index (χ4n) is 3.72. The number of hydrogen-bond donors (Lipinski definition) is 1. The van der Waals surface area contributed by atoms with Crippen LogP contribution >= 0.6 is 11.3 Å². The molecule has 2 aliphatic rings. The lowest BCUT2D eigenvalue weighted by Gasteiger charge is -2.34. The normalized spacial score (nSPS) is 25.5. The number of aliphatic hydroxyl groups excluding tert-OH is 1. The Morgan fingerprint density at radius 2 is 2.14 bits per heavy atom. The van der Waals surface area contributed by atoms with Gasteiger partial charge in [0.1, 0.15) is 0 Å². The third kappa shape index (κ3) is 3.53. The maximum absolute atomic E-state index is 12.7. The number of hydrogen-bond acceptors (Lipinski definition) is 4. The van der Waals surface area contributed by atoms with Crippen molar-refractivity contribution in [3.8, 4) is 0 Å².